The van der Waals surface area contributed by atoms with Crippen LogP contribution in [-0.4, -0.2) is 25.3 Å². The van der Waals surface area contributed by atoms with Crippen LogP contribution in [0.15, 0.2) is 169 Å². The lowest BCUT2D eigenvalue weighted by Gasteiger charge is -2.33. The molecule has 0 amide bonds. The molecule has 0 saturated heterocycles. The van der Waals surface area contributed by atoms with Gasteiger partial charge in [-0.3, -0.25) is 0 Å². The topological polar surface area (TPSA) is 51.2 Å². The first-order valence-corrected chi connectivity index (χ1v) is 18.6. The van der Waals surface area contributed by atoms with Crippen molar-refractivity contribution in [2.75, 3.05) is 5.01 Å². The average Bonchev–Trinajstić information content (AvgIpc) is 3.89. The maximum atomic E-state index is 5.46. The first-order chi connectivity index (χ1) is 26.5. The molecule has 0 radical (unpaired) electrons. The molecule has 2 aromatic heterocycles. The van der Waals surface area contributed by atoms with Gasteiger partial charge in [0.1, 0.15) is 0 Å². The normalized spacial score (nSPS) is 15.8. The Morgan fingerprint density at radius 2 is 0.833 bits per heavy atom. The van der Waals surface area contributed by atoms with E-state index in [9.17, 15) is 0 Å². The van der Waals surface area contributed by atoms with Gasteiger partial charge in [0.05, 0.1) is 17.1 Å². The molecule has 0 spiro atoms. The number of aromatic nitrogens is 4. The third kappa shape index (κ3) is 5.13. The van der Waals surface area contributed by atoms with E-state index in [1.54, 1.807) is 0 Å². The Morgan fingerprint density at radius 3 is 1.35 bits per heavy atom. The lowest BCUT2D eigenvalue weighted by Crippen LogP contribution is -2.37. The zero-order valence-electron chi connectivity index (χ0n) is 30.4. The summed E-state index contributed by atoms with van der Waals surface area (Å²) in [6, 6.07) is 57.8. The predicted molar refractivity (Wildman–Crippen MR) is 220 cm³/mol. The molecule has 10 rings (SSSR count). The number of benzene rings is 6. The number of nitrogens with zero attached hydrogens (tertiary/aromatic N) is 6. The molecular formula is C48H38N6. The minimum Gasteiger partial charge on any atom is -0.221 e. The van der Waals surface area contributed by atoms with Crippen LogP contribution < -0.4 is 5.01 Å². The number of rotatable bonds is 6. The van der Waals surface area contributed by atoms with Gasteiger partial charge in [0, 0.05) is 28.2 Å². The zero-order valence-corrected chi connectivity index (χ0v) is 30.4. The van der Waals surface area contributed by atoms with Gasteiger partial charge in [-0.05, 0) is 71.0 Å². The fraction of sp³-hybridized carbons (Fsp3) is 0.104. The molecule has 0 saturated carbocycles. The molecule has 6 nitrogen and oxygen atoms in total. The fourth-order valence-corrected chi connectivity index (χ4v) is 8.27. The molecule has 4 heterocycles. The van der Waals surface area contributed by atoms with Crippen LogP contribution in [0, 0.1) is 19.8 Å². The molecule has 8 aromatic rings. The first-order valence-electron chi connectivity index (χ1n) is 18.6. The van der Waals surface area contributed by atoms with E-state index in [4.69, 9.17) is 15.3 Å². The summed E-state index contributed by atoms with van der Waals surface area (Å²) in [5.41, 5.74) is 15.4. The van der Waals surface area contributed by atoms with Crippen LogP contribution in [0.1, 0.15) is 29.8 Å². The van der Waals surface area contributed by atoms with Gasteiger partial charge in [-0.25, -0.2) is 9.69 Å². The summed E-state index contributed by atoms with van der Waals surface area (Å²) in [5, 5.41) is 18.5. The standard InChI is InChI=1S/C48H38N6/c1-31-43(40-25-13-22-37(28-40)34-16-7-4-8-17-34)49-52-46(31)53-48(32(2)44(50-53)41-26-14-23-38(29-41)35-18-9-5-10-19-35)54-47(52)33(3)45(51-54)42-27-15-24-39(30-42)36-20-11-6-12-21-36/h4-31,46H,1-3H3. The summed E-state index contributed by atoms with van der Waals surface area (Å²) < 4.78 is 4.26. The maximum Gasteiger partial charge on any atom is 0.160 e. The van der Waals surface area contributed by atoms with E-state index in [1.807, 2.05) is 0 Å². The molecule has 2 unspecified atom stereocenters. The summed E-state index contributed by atoms with van der Waals surface area (Å²) >= 11 is 0. The van der Waals surface area contributed by atoms with Gasteiger partial charge in [0.15, 0.2) is 17.8 Å². The number of anilines is 1. The molecule has 0 bridgehead atoms. The van der Waals surface area contributed by atoms with Crippen molar-refractivity contribution >= 4 is 11.5 Å². The quantitative estimate of drug-likeness (QED) is 0.174. The van der Waals surface area contributed by atoms with Crippen molar-refractivity contribution in [3.63, 3.8) is 0 Å². The molecule has 2 aliphatic heterocycles. The van der Waals surface area contributed by atoms with Gasteiger partial charge in [-0.1, -0.05) is 153 Å². The van der Waals surface area contributed by atoms with Crippen LogP contribution in [0.4, 0.5) is 5.82 Å². The predicted octanol–water partition coefficient (Wildman–Crippen LogP) is 11.4. The van der Waals surface area contributed by atoms with Crippen LogP contribution in [0.2, 0.25) is 0 Å². The Kier molecular flexibility index (Phi) is 7.51. The van der Waals surface area contributed by atoms with E-state index < -0.39 is 0 Å². The van der Waals surface area contributed by atoms with E-state index in [0.29, 0.717) is 0 Å². The summed E-state index contributed by atoms with van der Waals surface area (Å²) in [7, 11) is 0. The lowest BCUT2D eigenvalue weighted by atomic mass is 9.94. The number of hydrogen-bond acceptors (Lipinski definition) is 4. The Labute approximate surface area is 315 Å². The van der Waals surface area contributed by atoms with Crippen molar-refractivity contribution < 1.29 is 0 Å². The highest BCUT2D eigenvalue weighted by Gasteiger charge is 2.46. The van der Waals surface area contributed by atoms with E-state index in [0.717, 1.165) is 67.7 Å². The Balaban J connectivity index is 1.15. The molecule has 2 aliphatic rings. The van der Waals surface area contributed by atoms with Crippen molar-refractivity contribution in [2.24, 2.45) is 11.0 Å². The van der Waals surface area contributed by atoms with E-state index in [1.165, 1.54) is 22.3 Å². The Bertz CT molecular complexity index is 2710. The van der Waals surface area contributed by atoms with Crippen LogP contribution in [-0.2, 0) is 0 Å². The minimum absolute atomic E-state index is 0.0329. The van der Waals surface area contributed by atoms with Crippen LogP contribution in [0.3, 0.4) is 0 Å². The van der Waals surface area contributed by atoms with Crippen molar-refractivity contribution in [2.45, 2.75) is 26.9 Å². The molecule has 2 atom stereocenters. The largest absolute Gasteiger partial charge is 0.221 e. The maximum absolute atomic E-state index is 5.46. The molecule has 54 heavy (non-hydrogen) atoms. The van der Waals surface area contributed by atoms with Gasteiger partial charge >= 0.3 is 0 Å². The summed E-state index contributed by atoms with van der Waals surface area (Å²) in [6.45, 7) is 6.64. The number of hydrazone groups is 1. The highest BCUT2D eigenvalue weighted by molar-refractivity contribution is 6.05. The highest BCUT2D eigenvalue weighted by Crippen LogP contribution is 2.48. The van der Waals surface area contributed by atoms with Gasteiger partial charge in [-0.2, -0.15) is 20.0 Å². The lowest BCUT2D eigenvalue weighted by molar-refractivity contribution is 0.370. The smallest absolute Gasteiger partial charge is 0.160 e. The molecule has 0 aliphatic carbocycles. The molecule has 6 aromatic carbocycles. The van der Waals surface area contributed by atoms with Gasteiger partial charge in [-0.15, -0.1) is 0 Å². The van der Waals surface area contributed by atoms with Crippen molar-refractivity contribution in [3.8, 4) is 61.7 Å². The summed E-state index contributed by atoms with van der Waals surface area (Å²) in [4.78, 5) is 0. The number of fused-ring (bicyclic) bond motifs is 6. The number of hydrogen-bond donors (Lipinski definition) is 0. The SMILES string of the molecule is Cc1c(-c2cccc(-c3ccccc3)c2)nn2c1N1N=C(c3cccc(-c4ccccc4)c3)C(C)C1n1nc(-c3cccc(-c4ccccc4)c3)c(C)c1-2. The average molecular weight is 699 g/mol. The third-order valence-electron chi connectivity index (χ3n) is 11.0. The molecular weight excluding hydrogens is 661 g/mol. The van der Waals surface area contributed by atoms with Crippen molar-refractivity contribution in [1.29, 1.82) is 0 Å². The minimum atomic E-state index is -0.174. The zero-order chi connectivity index (χ0) is 36.3. The Hall–Kier alpha value is -6.79. The second-order valence-electron chi connectivity index (χ2n) is 14.3. The van der Waals surface area contributed by atoms with Crippen LogP contribution in [0.25, 0.3) is 61.7 Å². The second-order valence-corrected chi connectivity index (χ2v) is 14.3. The van der Waals surface area contributed by atoms with E-state index >= 15 is 0 Å². The van der Waals surface area contributed by atoms with Crippen LogP contribution in [0.5, 0.6) is 0 Å². The molecule has 260 valence electrons. The summed E-state index contributed by atoms with van der Waals surface area (Å²) in [5.74, 6) is 1.98. The van der Waals surface area contributed by atoms with Crippen molar-refractivity contribution in [3.05, 3.63) is 180 Å². The van der Waals surface area contributed by atoms with Crippen molar-refractivity contribution in [1.82, 2.24) is 19.6 Å². The van der Waals surface area contributed by atoms with Gasteiger partial charge < -0.3 is 0 Å². The summed E-state index contributed by atoms with van der Waals surface area (Å²) in [6.07, 6.45) is -0.174. The van der Waals surface area contributed by atoms with Gasteiger partial charge in [0.2, 0.25) is 0 Å². The van der Waals surface area contributed by atoms with Gasteiger partial charge in [0.25, 0.3) is 0 Å². The Morgan fingerprint density at radius 1 is 0.426 bits per heavy atom. The fourth-order valence-electron chi connectivity index (χ4n) is 8.27. The first kappa shape index (κ1) is 31.9. The molecule has 0 fully saturated rings. The molecule has 6 heteroatoms. The second kappa shape index (κ2) is 12.7. The third-order valence-corrected chi connectivity index (χ3v) is 11.0. The van der Waals surface area contributed by atoms with E-state index in [-0.39, 0.29) is 12.1 Å². The van der Waals surface area contributed by atoms with E-state index in [2.05, 4.69) is 199 Å². The molecule has 0 N–H and O–H groups in total. The monoisotopic (exact) mass is 698 g/mol. The van der Waals surface area contributed by atoms with Crippen LogP contribution >= 0.6 is 0 Å². The highest BCUT2D eigenvalue weighted by atomic mass is 15.7.